The summed E-state index contributed by atoms with van der Waals surface area (Å²) < 4.78 is 1.64. The maximum Gasteiger partial charge on any atom is 0.331 e. The van der Waals surface area contributed by atoms with Crippen LogP contribution in [0.5, 0.6) is 0 Å². The molecule has 3 rings (SSSR count). The van der Waals surface area contributed by atoms with E-state index in [-0.39, 0.29) is 12.5 Å². The van der Waals surface area contributed by atoms with E-state index in [1.54, 1.807) is 17.9 Å². The number of rotatable bonds is 2. The van der Waals surface area contributed by atoms with Gasteiger partial charge < -0.3 is 0 Å². The summed E-state index contributed by atoms with van der Waals surface area (Å²) in [6, 6.07) is -0.638. The van der Waals surface area contributed by atoms with Gasteiger partial charge >= 0.3 is 6.03 Å². The maximum absolute atomic E-state index is 12.5. The van der Waals surface area contributed by atoms with Gasteiger partial charge in [-0.3, -0.25) is 24.5 Å². The molecule has 0 aromatic carbocycles. The first-order chi connectivity index (χ1) is 9.44. The average molecular weight is 276 g/mol. The Balaban J connectivity index is 1.88. The van der Waals surface area contributed by atoms with Crippen LogP contribution in [0.25, 0.3) is 0 Å². The summed E-state index contributed by atoms with van der Waals surface area (Å²) in [5.74, 6) is -0.821. The van der Waals surface area contributed by atoms with Gasteiger partial charge in [-0.1, -0.05) is 6.42 Å². The van der Waals surface area contributed by atoms with Crippen molar-refractivity contribution in [3.8, 4) is 0 Å². The van der Waals surface area contributed by atoms with Crippen LogP contribution in [0.4, 0.5) is 4.79 Å². The number of nitrogens with one attached hydrogen (secondary N) is 1. The lowest BCUT2D eigenvalue weighted by Crippen LogP contribution is -2.65. The minimum atomic E-state index is -1.01. The van der Waals surface area contributed by atoms with E-state index in [0.717, 1.165) is 22.6 Å². The molecule has 1 aromatic heterocycles. The largest absolute Gasteiger partial charge is 0.331 e. The van der Waals surface area contributed by atoms with Crippen molar-refractivity contribution in [2.24, 2.45) is 12.5 Å². The number of imide groups is 2. The van der Waals surface area contributed by atoms with Gasteiger partial charge in [0.25, 0.3) is 0 Å². The van der Waals surface area contributed by atoms with Gasteiger partial charge in [0, 0.05) is 18.8 Å². The Morgan fingerprint density at radius 3 is 2.55 bits per heavy atom. The number of carbonyl (C=O) groups is 3. The van der Waals surface area contributed by atoms with Gasteiger partial charge in [-0.2, -0.15) is 5.10 Å². The molecule has 0 radical (unpaired) electrons. The quantitative estimate of drug-likeness (QED) is 0.796. The van der Waals surface area contributed by atoms with Crippen LogP contribution < -0.4 is 5.32 Å². The van der Waals surface area contributed by atoms with Crippen LogP contribution in [-0.2, 0) is 23.2 Å². The molecular weight excluding hydrogens is 260 g/mol. The first-order valence-corrected chi connectivity index (χ1v) is 6.60. The second-order valence-electron chi connectivity index (χ2n) is 5.50. The number of amides is 4. The Morgan fingerprint density at radius 2 is 2.05 bits per heavy atom. The SMILES string of the molecule is Cc1nn(C)cc1CN1C(=O)NC(=O)C2(CCC2)C1=O. The highest BCUT2D eigenvalue weighted by molar-refractivity contribution is 6.19. The van der Waals surface area contributed by atoms with Crippen LogP contribution in [0.15, 0.2) is 6.20 Å². The fourth-order valence-electron chi connectivity index (χ4n) is 2.82. The Morgan fingerprint density at radius 1 is 1.35 bits per heavy atom. The molecule has 2 fully saturated rings. The predicted molar refractivity (Wildman–Crippen MR) is 68.3 cm³/mol. The van der Waals surface area contributed by atoms with Crippen molar-refractivity contribution in [1.82, 2.24) is 20.0 Å². The predicted octanol–water partition coefficient (Wildman–Crippen LogP) is 0.477. The van der Waals surface area contributed by atoms with Gasteiger partial charge in [-0.25, -0.2) is 4.79 Å². The summed E-state index contributed by atoms with van der Waals surface area (Å²) in [7, 11) is 1.78. The van der Waals surface area contributed by atoms with Crippen LogP contribution in [0.2, 0.25) is 0 Å². The van der Waals surface area contributed by atoms with Crippen LogP contribution in [-0.4, -0.2) is 32.5 Å². The third-order valence-corrected chi connectivity index (χ3v) is 4.21. The average Bonchev–Trinajstić information content (AvgIpc) is 2.61. The number of barbiturate groups is 1. The van der Waals surface area contributed by atoms with E-state index in [0.29, 0.717) is 12.8 Å². The van der Waals surface area contributed by atoms with Crippen molar-refractivity contribution in [2.45, 2.75) is 32.7 Å². The molecule has 2 heterocycles. The van der Waals surface area contributed by atoms with E-state index in [9.17, 15) is 14.4 Å². The Bertz CT molecular complexity index is 615. The zero-order chi connectivity index (χ0) is 14.5. The van der Waals surface area contributed by atoms with E-state index in [4.69, 9.17) is 0 Å². The highest BCUT2D eigenvalue weighted by atomic mass is 16.2. The lowest BCUT2D eigenvalue weighted by molar-refractivity contribution is -0.158. The molecular formula is C13H16N4O3. The number of hydrogen-bond acceptors (Lipinski definition) is 4. The standard InChI is InChI=1S/C13H16N4O3/c1-8-9(6-16(2)15-8)7-17-11(19)13(4-3-5-13)10(18)14-12(17)20/h6H,3-5,7H2,1-2H3,(H,14,18,20). The van der Waals surface area contributed by atoms with Crippen LogP contribution >= 0.6 is 0 Å². The highest BCUT2D eigenvalue weighted by Crippen LogP contribution is 2.44. The fraction of sp³-hybridized carbons (Fsp3) is 0.538. The van der Waals surface area contributed by atoms with Crippen molar-refractivity contribution in [3.05, 3.63) is 17.5 Å². The van der Waals surface area contributed by atoms with Crippen LogP contribution in [0.3, 0.4) is 0 Å². The minimum Gasteiger partial charge on any atom is -0.277 e. The topological polar surface area (TPSA) is 84.3 Å². The zero-order valence-corrected chi connectivity index (χ0v) is 11.5. The summed E-state index contributed by atoms with van der Waals surface area (Å²) >= 11 is 0. The molecule has 1 N–H and O–H groups in total. The summed E-state index contributed by atoms with van der Waals surface area (Å²) in [6.07, 6.45) is 3.66. The number of hydrogen-bond donors (Lipinski definition) is 1. The number of urea groups is 1. The molecule has 0 atom stereocenters. The molecule has 2 aliphatic rings. The van der Waals surface area contributed by atoms with E-state index in [2.05, 4.69) is 10.4 Å². The molecule has 20 heavy (non-hydrogen) atoms. The van der Waals surface area contributed by atoms with Gasteiger partial charge in [-0.05, 0) is 19.8 Å². The third kappa shape index (κ3) is 1.65. The van der Waals surface area contributed by atoms with Gasteiger partial charge in [0.05, 0.1) is 12.2 Å². The van der Waals surface area contributed by atoms with E-state index in [1.807, 2.05) is 6.92 Å². The van der Waals surface area contributed by atoms with Crippen molar-refractivity contribution in [2.75, 3.05) is 0 Å². The van der Waals surface area contributed by atoms with Gasteiger partial charge in [0.15, 0.2) is 0 Å². The Labute approximate surface area is 115 Å². The lowest BCUT2D eigenvalue weighted by Gasteiger charge is -2.44. The summed E-state index contributed by atoms with van der Waals surface area (Å²) in [6.45, 7) is 1.98. The molecule has 7 heteroatoms. The maximum atomic E-state index is 12.5. The molecule has 1 saturated carbocycles. The second-order valence-corrected chi connectivity index (χ2v) is 5.50. The third-order valence-electron chi connectivity index (χ3n) is 4.21. The van der Waals surface area contributed by atoms with Crippen molar-refractivity contribution >= 4 is 17.8 Å². The van der Waals surface area contributed by atoms with Gasteiger partial charge in [0.2, 0.25) is 11.8 Å². The van der Waals surface area contributed by atoms with E-state index in [1.165, 1.54) is 0 Å². The molecule has 0 unspecified atom stereocenters. The van der Waals surface area contributed by atoms with Crippen LogP contribution in [0.1, 0.15) is 30.5 Å². The van der Waals surface area contributed by atoms with E-state index >= 15 is 0 Å². The monoisotopic (exact) mass is 276 g/mol. The van der Waals surface area contributed by atoms with E-state index < -0.39 is 17.4 Å². The molecule has 1 spiro atoms. The normalized spacial score (nSPS) is 21.1. The Kier molecular flexibility index (Phi) is 2.67. The highest BCUT2D eigenvalue weighted by Gasteiger charge is 2.57. The van der Waals surface area contributed by atoms with Gasteiger partial charge in [-0.15, -0.1) is 0 Å². The molecule has 106 valence electrons. The summed E-state index contributed by atoms with van der Waals surface area (Å²) in [4.78, 5) is 37.4. The first-order valence-electron chi connectivity index (χ1n) is 6.60. The van der Waals surface area contributed by atoms with Gasteiger partial charge in [0.1, 0.15) is 5.41 Å². The molecule has 7 nitrogen and oxygen atoms in total. The van der Waals surface area contributed by atoms with Crippen molar-refractivity contribution in [1.29, 1.82) is 0 Å². The summed E-state index contributed by atoms with van der Waals surface area (Å²) in [5, 5.41) is 6.49. The molecule has 1 aromatic rings. The molecule has 4 amide bonds. The first kappa shape index (κ1) is 12.8. The van der Waals surface area contributed by atoms with Crippen molar-refractivity contribution < 1.29 is 14.4 Å². The van der Waals surface area contributed by atoms with Crippen molar-refractivity contribution in [3.63, 3.8) is 0 Å². The number of aromatic nitrogens is 2. The fourth-order valence-corrected chi connectivity index (χ4v) is 2.82. The smallest absolute Gasteiger partial charge is 0.277 e. The van der Waals surface area contributed by atoms with Crippen LogP contribution in [0, 0.1) is 12.3 Å². The molecule has 1 saturated heterocycles. The number of aryl methyl sites for hydroxylation is 2. The Hall–Kier alpha value is -2.18. The number of nitrogens with zero attached hydrogens (tertiary/aromatic N) is 3. The lowest BCUT2D eigenvalue weighted by atomic mass is 9.66. The number of carbonyl (C=O) groups excluding carboxylic acids is 3. The zero-order valence-electron chi connectivity index (χ0n) is 11.5. The second kappa shape index (κ2) is 4.16. The molecule has 1 aliphatic heterocycles. The molecule has 0 bridgehead atoms. The minimum absolute atomic E-state index is 0.152. The molecule has 1 aliphatic carbocycles. The summed E-state index contributed by atoms with van der Waals surface area (Å²) in [5.41, 5.74) is 0.566.